The molecule has 1 aromatic heterocycles. The van der Waals surface area contributed by atoms with Crippen molar-refractivity contribution in [2.24, 2.45) is 5.92 Å². The van der Waals surface area contributed by atoms with E-state index in [0.717, 1.165) is 5.56 Å². The van der Waals surface area contributed by atoms with Crippen molar-refractivity contribution in [1.29, 1.82) is 0 Å². The van der Waals surface area contributed by atoms with Gasteiger partial charge in [0.15, 0.2) is 0 Å². The Kier molecular flexibility index (Phi) is 3.79. The van der Waals surface area contributed by atoms with Crippen molar-refractivity contribution in [3.05, 3.63) is 30.1 Å². The van der Waals surface area contributed by atoms with Crippen LogP contribution in [0.5, 0.6) is 0 Å². The van der Waals surface area contributed by atoms with Gasteiger partial charge in [-0.25, -0.2) is 0 Å². The second kappa shape index (κ2) is 5.23. The number of aromatic nitrogens is 1. The molecule has 2 rings (SSSR count). The molecule has 0 spiro atoms. The van der Waals surface area contributed by atoms with Crippen LogP contribution < -0.4 is 5.32 Å². The molecule has 0 radical (unpaired) electrons. The first-order chi connectivity index (χ1) is 9.33. The van der Waals surface area contributed by atoms with Gasteiger partial charge in [-0.2, -0.15) is 0 Å². The summed E-state index contributed by atoms with van der Waals surface area (Å²) in [5.74, 6) is -0.0665. The van der Waals surface area contributed by atoms with E-state index in [-0.39, 0.29) is 17.7 Å². The molecular weight excluding hydrogens is 254 g/mol. The maximum absolute atomic E-state index is 12.6. The van der Waals surface area contributed by atoms with Crippen LogP contribution in [0.25, 0.3) is 0 Å². The number of hydrogen-bond acceptors (Lipinski definition) is 3. The van der Waals surface area contributed by atoms with Crippen LogP contribution in [0, 0.1) is 5.92 Å². The van der Waals surface area contributed by atoms with Gasteiger partial charge in [0.05, 0.1) is 0 Å². The van der Waals surface area contributed by atoms with E-state index in [0.29, 0.717) is 6.54 Å². The number of carbonyl (C=O) groups excluding carboxylic acids is 2. The molecule has 2 heterocycles. The molecule has 1 saturated heterocycles. The fourth-order valence-electron chi connectivity index (χ4n) is 2.58. The highest BCUT2D eigenvalue weighted by Gasteiger charge is 2.46. The van der Waals surface area contributed by atoms with Gasteiger partial charge in [0, 0.05) is 18.9 Å². The monoisotopic (exact) mass is 275 g/mol. The van der Waals surface area contributed by atoms with Crippen molar-refractivity contribution in [3.8, 4) is 0 Å². The van der Waals surface area contributed by atoms with Crippen LogP contribution in [0.2, 0.25) is 0 Å². The molecule has 0 aromatic carbocycles. The Labute approximate surface area is 119 Å². The lowest BCUT2D eigenvalue weighted by Gasteiger charge is -2.44. The fraction of sp³-hybridized carbons (Fsp3) is 0.533. The zero-order valence-electron chi connectivity index (χ0n) is 12.4. The fourth-order valence-corrected chi connectivity index (χ4v) is 2.58. The third-order valence-electron chi connectivity index (χ3n) is 3.57. The number of hydrogen-bond donors (Lipinski definition) is 1. The Morgan fingerprint density at radius 1 is 1.30 bits per heavy atom. The molecule has 1 fully saturated rings. The average molecular weight is 275 g/mol. The van der Waals surface area contributed by atoms with Gasteiger partial charge >= 0.3 is 0 Å². The molecule has 20 heavy (non-hydrogen) atoms. The minimum atomic E-state index is -0.852. The summed E-state index contributed by atoms with van der Waals surface area (Å²) in [6, 6.07) is 3.30. The van der Waals surface area contributed by atoms with E-state index in [2.05, 4.69) is 10.3 Å². The van der Waals surface area contributed by atoms with Crippen molar-refractivity contribution in [1.82, 2.24) is 15.2 Å². The van der Waals surface area contributed by atoms with Crippen molar-refractivity contribution in [2.75, 3.05) is 0 Å². The molecule has 1 aromatic rings. The van der Waals surface area contributed by atoms with Gasteiger partial charge in [-0.1, -0.05) is 13.8 Å². The number of amides is 2. The van der Waals surface area contributed by atoms with Gasteiger partial charge in [0.2, 0.25) is 11.8 Å². The summed E-state index contributed by atoms with van der Waals surface area (Å²) in [7, 11) is 0. The summed E-state index contributed by atoms with van der Waals surface area (Å²) < 4.78 is 0. The molecule has 108 valence electrons. The minimum Gasteiger partial charge on any atom is -0.340 e. The lowest BCUT2D eigenvalue weighted by Crippen LogP contribution is -2.68. The molecule has 5 nitrogen and oxygen atoms in total. The molecule has 0 bridgehead atoms. The highest BCUT2D eigenvalue weighted by Crippen LogP contribution is 2.24. The maximum atomic E-state index is 12.6. The molecule has 1 aliphatic heterocycles. The molecule has 1 atom stereocenters. The van der Waals surface area contributed by atoms with Crippen LogP contribution in [0.15, 0.2) is 24.5 Å². The lowest BCUT2D eigenvalue weighted by molar-refractivity contribution is -0.156. The van der Waals surface area contributed by atoms with Crippen LogP contribution in [0.3, 0.4) is 0 Å². The highest BCUT2D eigenvalue weighted by atomic mass is 16.2. The van der Waals surface area contributed by atoms with Gasteiger partial charge in [0.25, 0.3) is 0 Å². The largest absolute Gasteiger partial charge is 0.340 e. The Morgan fingerprint density at radius 3 is 2.45 bits per heavy atom. The summed E-state index contributed by atoms with van der Waals surface area (Å²) in [4.78, 5) is 30.5. The number of piperazine rings is 1. The second-order valence-corrected chi connectivity index (χ2v) is 6.09. The van der Waals surface area contributed by atoms with E-state index >= 15 is 0 Å². The van der Waals surface area contributed by atoms with E-state index in [1.54, 1.807) is 31.1 Å². The molecule has 0 aliphatic carbocycles. The van der Waals surface area contributed by atoms with Gasteiger partial charge in [-0.05, 0) is 37.5 Å². The second-order valence-electron chi connectivity index (χ2n) is 6.09. The molecule has 5 heteroatoms. The minimum absolute atomic E-state index is 0.0485. The van der Waals surface area contributed by atoms with Gasteiger partial charge in [0.1, 0.15) is 11.6 Å². The van der Waals surface area contributed by atoms with E-state index in [9.17, 15) is 9.59 Å². The standard InChI is InChI=1S/C15H21N3O2/c1-10(2)12-13(19)17-15(3,4)14(20)18(12)9-11-5-7-16-8-6-11/h5-8,10,12H,9H2,1-4H3,(H,17,19). The van der Waals surface area contributed by atoms with Crippen LogP contribution in [-0.4, -0.2) is 33.3 Å². The summed E-state index contributed by atoms with van der Waals surface area (Å²) in [5, 5.41) is 2.81. The van der Waals surface area contributed by atoms with Gasteiger partial charge in [-0.3, -0.25) is 14.6 Å². The third-order valence-corrected chi connectivity index (χ3v) is 3.57. The quantitative estimate of drug-likeness (QED) is 0.905. The average Bonchev–Trinajstić information content (AvgIpc) is 2.36. The topological polar surface area (TPSA) is 62.3 Å². The Morgan fingerprint density at radius 2 is 1.90 bits per heavy atom. The van der Waals surface area contributed by atoms with Crippen molar-refractivity contribution in [3.63, 3.8) is 0 Å². The maximum Gasteiger partial charge on any atom is 0.248 e. The molecular formula is C15H21N3O2. The first kappa shape index (κ1) is 14.5. The van der Waals surface area contributed by atoms with Crippen LogP contribution >= 0.6 is 0 Å². The van der Waals surface area contributed by atoms with Crippen LogP contribution in [0.1, 0.15) is 33.3 Å². The first-order valence-electron chi connectivity index (χ1n) is 6.85. The third kappa shape index (κ3) is 2.66. The van der Waals surface area contributed by atoms with Crippen molar-refractivity contribution in [2.45, 2.75) is 45.8 Å². The van der Waals surface area contributed by atoms with Crippen molar-refractivity contribution < 1.29 is 9.59 Å². The Balaban J connectivity index is 2.33. The number of carbonyl (C=O) groups is 2. The summed E-state index contributed by atoms with van der Waals surface area (Å²) in [5.41, 5.74) is 0.125. The SMILES string of the molecule is CC(C)C1C(=O)NC(C)(C)C(=O)N1Cc1ccncc1. The summed E-state index contributed by atoms with van der Waals surface area (Å²) >= 11 is 0. The lowest BCUT2D eigenvalue weighted by atomic mass is 9.91. The number of rotatable bonds is 3. The predicted octanol–water partition coefficient (Wildman–Crippen LogP) is 1.34. The number of nitrogens with one attached hydrogen (secondary N) is 1. The Hall–Kier alpha value is -1.91. The molecule has 0 saturated carbocycles. The Bertz CT molecular complexity index is 511. The number of nitrogens with zero attached hydrogens (tertiary/aromatic N) is 2. The first-order valence-corrected chi connectivity index (χ1v) is 6.85. The molecule has 1 N–H and O–H groups in total. The summed E-state index contributed by atoms with van der Waals surface area (Å²) in [6.45, 7) is 7.82. The smallest absolute Gasteiger partial charge is 0.248 e. The van der Waals surface area contributed by atoms with E-state index in [1.165, 1.54) is 0 Å². The highest BCUT2D eigenvalue weighted by molar-refractivity contribution is 5.99. The molecule has 1 aliphatic rings. The van der Waals surface area contributed by atoms with Crippen molar-refractivity contribution >= 4 is 11.8 Å². The van der Waals surface area contributed by atoms with Gasteiger partial charge in [-0.15, -0.1) is 0 Å². The van der Waals surface area contributed by atoms with E-state index < -0.39 is 11.6 Å². The van der Waals surface area contributed by atoms with E-state index in [1.807, 2.05) is 26.0 Å². The van der Waals surface area contributed by atoms with Crippen LogP contribution in [-0.2, 0) is 16.1 Å². The molecule has 1 unspecified atom stereocenters. The number of pyridine rings is 1. The van der Waals surface area contributed by atoms with E-state index in [4.69, 9.17) is 0 Å². The van der Waals surface area contributed by atoms with Gasteiger partial charge < -0.3 is 10.2 Å². The summed E-state index contributed by atoms with van der Waals surface area (Å²) in [6.07, 6.45) is 3.39. The zero-order valence-corrected chi connectivity index (χ0v) is 12.4. The normalized spacial score (nSPS) is 22.1. The van der Waals surface area contributed by atoms with Crippen LogP contribution in [0.4, 0.5) is 0 Å². The zero-order chi connectivity index (χ0) is 14.9. The predicted molar refractivity (Wildman–Crippen MR) is 75.6 cm³/mol. The molecule has 2 amide bonds.